The largest absolute Gasteiger partial charge is 0.463 e. The Labute approximate surface area is 180 Å². The fourth-order valence-electron chi connectivity index (χ4n) is 4.04. The van der Waals surface area contributed by atoms with Crippen LogP contribution >= 0.6 is 0 Å². The highest BCUT2D eigenvalue weighted by atomic mass is 16.5. The summed E-state index contributed by atoms with van der Waals surface area (Å²) < 4.78 is 5.18. The molecule has 0 aliphatic heterocycles. The van der Waals surface area contributed by atoms with Gasteiger partial charge in [0.1, 0.15) is 0 Å². The maximum atomic E-state index is 12.1. The maximum Gasteiger partial charge on any atom is 0.331 e. The SMILES string of the molecule is CCCCCCCCC1=CC=C(CCCCCCCC)/C(=C/C(=O)OCC)CC1. The van der Waals surface area contributed by atoms with E-state index in [-0.39, 0.29) is 5.97 Å². The van der Waals surface area contributed by atoms with Crippen molar-refractivity contribution < 1.29 is 9.53 Å². The maximum absolute atomic E-state index is 12.1. The monoisotopic (exact) mass is 402 g/mol. The van der Waals surface area contributed by atoms with Crippen LogP contribution in [-0.2, 0) is 9.53 Å². The van der Waals surface area contributed by atoms with Crippen LogP contribution in [0.5, 0.6) is 0 Å². The highest BCUT2D eigenvalue weighted by molar-refractivity contribution is 5.83. The Kier molecular flexibility index (Phi) is 15.6. The molecule has 0 spiro atoms. The summed E-state index contributed by atoms with van der Waals surface area (Å²) in [4.78, 5) is 12.1. The Balaban J connectivity index is 2.58. The zero-order valence-corrected chi connectivity index (χ0v) is 19.6. The molecule has 1 rings (SSSR count). The van der Waals surface area contributed by atoms with E-state index in [1.165, 1.54) is 94.6 Å². The quantitative estimate of drug-likeness (QED) is 0.147. The highest BCUT2D eigenvalue weighted by Crippen LogP contribution is 2.29. The molecule has 2 nitrogen and oxygen atoms in total. The van der Waals surface area contributed by atoms with Crippen molar-refractivity contribution in [2.45, 2.75) is 124 Å². The molecule has 2 heteroatoms. The zero-order chi connectivity index (χ0) is 21.2. The number of hydrogen-bond acceptors (Lipinski definition) is 2. The van der Waals surface area contributed by atoms with Crippen LogP contribution in [0.1, 0.15) is 124 Å². The number of carbonyl (C=O) groups is 1. The van der Waals surface area contributed by atoms with Gasteiger partial charge in [-0.3, -0.25) is 0 Å². The minimum atomic E-state index is -0.185. The molecule has 0 N–H and O–H groups in total. The Morgan fingerprint density at radius 2 is 1.38 bits per heavy atom. The van der Waals surface area contributed by atoms with E-state index in [4.69, 9.17) is 4.74 Å². The van der Waals surface area contributed by atoms with Crippen LogP contribution in [0.15, 0.2) is 34.9 Å². The van der Waals surface area contributed by atoms with Gasteiger partial charge in [0.05, 0.1) is 6.61 Å². The first-order valence-corrected chi connectivity index (χ1v) is 12.5. The van der Waals surface area contributed by atoms with E-state index in [9.17, 15) is 4.79 Å². The highest BCUT2D eigenvalue weighted by Gasteiger charge is 2.13. The summed E-state index contributed by atoms with van der Waals surface area (Å²) in [5, 5.41) is 0. The predicted octanol–water partition coefficient (Wildman–Crippen LogP) is 8.62. The fraction of sp³-hybridized carbons (Fsp3) is 0.741. The molecule has 29 heavy (non-hydrogen) atoms. The van der Waals surface area contributed by atoms with Crippen molar-refractivity contribution in [1.82, 2.24) is 0 Å². The second kappa shape index (κ2) is 17.5. The van der Waals surface area contributed by atoms with Crippen LogP contribution in [0.4, 0.5) is 0 Å². The molecule has 166 valence electrons. The third kappa shape index (κ3) is 12.8. The molecule has 0 atom stereocenters. The van der Waals surface area contributed by atoms with E-state index in [1.54, 1.807) is 11.6 Å². The van der Waals surface area contributed by atoms with Crippen LogP contribution in [0, 0.1) is 0 Å². The smallest absolute Gasteiger partial charge is 0.331 e. The molecule has 0 heterocycles. The molecule has 0 aromatic carbocycles. The van der Waals surface area contributed by atoms with E-state index in [1.807, 2.05) is 6.92 Å². The molecule has 0 aromatic rings. The van der Waals surface area contributed by atoms with Gasteiger partial charge in [0, 0.05) is 6.08 Å². The Morgan fingerprint density at radius 3 is 2.00 bits per heavy atom. The topological polar surface area (TPSA) is 26.3 Å². The first-order chi connectivity index (χ1) is 14.2. The van der Waals surface area contributed by atoms with Gasteiger partial charge in [-0.05, 0) is 56.6 Å². The fourth-order valence-corrected chi connectivity index (χ4v) is 4.04. The molecular weight excluding hydrogens is 356 g/mol. The minimum Gasteiger partial charge on any atom is -0.463 e. The van der Waals surface area contributed by atoms with Crippen molar-refractivity contribution in [1.29, 1.82) is 0 Å². The molecular formula is C27H46O2. The number of unbranched alkanes of at least 4 members (excludes halogenated alkanes) is 10. The molecule has 0 bridgehead atoms. The van der Waals surface area contributed by atoms with Gasteiger partial charge in [-0.1, -0.05) is 95.8 Å². The first-order valence-electron chi connectivity index (χ1n) is 12.5. The lowest BCUT2D eigenvalue weighted by molar-refractivity contribution is -0.137. The lowest BCUT2D eigenvalue weighted by atomic mass is 9.95. The molecule has 0 amide bonds. The normalized spacial score (nSPS) is 15.8. The Bertz CT molecular complexity index is 525. The van der Waals surface area contributed by atoms with Gasteiger partial charge >= 0.3 is 5.97 Å². The minimum absolute atomic E-state index is 0.185. The number of hydrogen-bond donors (Lipinski definition) is 0. The van der Waals surface area contributed by atoms with Crippen LogP contribution in [0.2, 0.25) is 0 Å². The predicted molar refractivity (Wildman–Crippen MR) is 126 cm³/mol. The number of carbonyl (C=O) groups excluding carboxylic acids is 1. The van der Waals surface area contributed by atoms with Gasteiger partial charge in [-0.25, -0.2) is 4.79 Å². The van der Waals surface area contributed by atoms with Crippen molar-refractivity contribution in [3.63, 3.8) is 0 Å². The number of esters is 1. The molecule has 1 aliphatic rings. The van der Waals surface area contributed by atoms with Crippen molar-refractivity contribution >= 4 is 5.97 Å². The van der Waals surface area contributed by atoms with Gasteiger partial charge in [-0.2, -0.15) is 0 Å². The molecule has 0 fully saturated rings. The Hall–Kier alpha value is -1.31. The van der Waals surface area contributed by atoms with Crippen molar-refractivity contribution in [3.8, 4) is 0 Å². The van der Waals surface area contributed by atoms with Gasteiger partial charge in [0.2, 0.25) is 0 Å². The molecule has 0 saturated carbocycles. The van der Waals surface area contributed by atoms with Crippen LogP contribution < -0.4 is 0 Å². The average Bonchev–Trinajstić information content (AvgIpc) is 2.90. The summed E-state index contributed by atoms with van der Waals surface area (Å²) in [5.74, 6) is -0.185. The van der Waals surface area contributed by atoms with Crippen molar-refractivity contribution in [2.75, 3.05) is 6.61 Å². The van der Waals surface area contributed by atoms with E-state index in [0.29, 0.717) is 6.61 Å². The number of ether oxygens (including phenoxy) is 1. The summed E-state index contributed by atoms with van der Waals surface area (Å²) in [6.45, 7) is 6.85. The summed E-state index contributed by atoms with van der Waals surface area (Å²) in [7, 11) is 0. The summed E-state index contributed by atoms with van der Waals surface area (Å²) in [6, 6.07) is 0. The van der Waals surface area contributed by atoms with Crippen LogP contribution in [-0.4, -0.2) is 12.6 Å². The Morgan fingerprint density at radius 1 is 0.793 bits per heavy atom. The summed E-state index contributed by atoms with van der Waals surface area (Å²) in [5.41, 5.74) is 4.10. The molecule has 0 saturated heterocycles. The molecule has 0 aromatic heterocycles. The number of allylic oxidation sites excluding steroid dienone is 5. The zero-order valence-electron chi connectivity index (χ0n) is 19.6. The summed E-state index contributed by atoms with van der Waals surface area (Å²) >= 11 is 0. The van der Waals surface area contributed by atoms with Gasteiger partial charge in [0.15, 0.2) is 0 Å². The second-order valence-electron chi connectivity index (χ2n) is 8.47. The lowest BCUT2D eigenvalue weighted by Gasteiger charge is -2.11. The molecule has 0 unspecified atom stereocenters. The van der Waals surface area contributed by atoms with Crippen molar-refractivity contribution in [3.05, 3.63) is 34.9 Å². The molecule has 1 aliphatic carbocycles. The van der Waals surface area contributed by atoms with Crippen molar-refractivity contribution in [2.24, 2.45) is 0 Å². The third-order valence-electron chi connectivity index (χ3n) is 5.88. The second-order valence-corrected chi connectivity index (χ2v) is 8.47. The lowest BCUT2D eigenvalue weighted by Crippen LogP contribution is -2.03. The van der Waals surface area contributed by atoms with Gasteiger partial charge < -0.3 is 4.74 Å². The van der Waals surface area contributed by atoms with Crippen LogP contribution in [0.3, 0.4) is 0 Å². The van der Waals surface area contributed by atoms with Crippen LogP contribution in [0.25, 0.3) is 0 Å². The van der Waals surface area contributed by atoms with E-state index < -0.39 is 0 Å². The third-order valence-corrected chi connectivity index (χ3v) is 5.88. The summed E-state index contributed by atoms with van der Waals surface area (Å²) in [6.07, 6.45) is 26.7. The van der Waals surface area contributed by atoms with Gasteiger partial charge in [-0.15, -0.1) is 0 Å². The van der Waals surface area contributed by atoms with E-state index in [0.717, 1.165) is 19.3 Å². The number of rotatable bonds is 16. The van der Waals surface area contributed by atoms with E-state index in [2.05, 4.69) is 26.0 Å². The molecule has 0 radical (unpaired) electrons. The first kappa shape index (κ1) is 25.7. The average molecular weight is 403 g/mol. The standard InChI is InChI=1S/C27H46O2/c1-4-7-9-11-13-15-17-24-19-21-25(18-16-14-12-10-8-5-2)26(22-20-24)23-27(28)29-6-3/h19,21,23H,4-18,20,22H2,1-3H3/b26-23+. The van der Waals surface area contributed by atoms with E-state index >= 15 is 0 Å². The van der Waals surface area contributed by atoms with Gasteiger partial charge in [0.25, 0.3) is 0 Å².